The second kappa shape index (κ2) is 17.2. The first-order valence-electron chi connectivity index (χ1n) is 13.2. The molecule has 0 saturated heterocycles. The van der Waals surface area contributed by atoms with E-state index in [9.17, 15) is 0 Å². The first-order valence-corrected chi connectivity index (χ1v) is 15.7. The monoisotopic (exact) mass is 408 g/mol. The second-order valence-corrected chi connectivity index (χ2v) is 14.4. The Labute approximate surface area is 185 Å². The van der Waals surface area contributed by atoms with Crippen molar-refractivity contribution in [2.24, 2.45) is 35.5 Å². The van der Waals surface area contributed by atoms with Crippen LogP contribution in [0.5, 0.6) is 0 Å². The van der Waals surface area contributed by atoms with Crippen molar-refractivity contribution in [2.75, 3.05) is 0 Å². The molecular formula is C27H57Al. The maximum atomic E-state index is 2.57. The van der Waals surface area contributed by atoms with Gasteiger partial charge in [0.1, 0.15) is 0 Å². The Morgan fingerprint density at radius 1 is 0.429 bits per heavy atom. The molecule has 0 aliphatic rings. The van der Waals surface area contributed by atoms with Gasteiger partial charge in [-0.1, -0.05) is 134 Å². The van der Waals surface area contributed by atoms with Gasteiger partial charge in [-0.05, 0) is 37.0 Å². The summed E-state index contributed by atoms with van der Waals surface area (Å²) >= 11 is -0.644. The van der Waals surface area contributed by atoms with Gasteiger partial charge in [-0.25, -0.2) is 0 Å². The first-order chi connectivity index (χ1) is 13.2. The molecule has 0 radical (unpaired) electrons. The van der Waals surface area contributed by atoms with Crippen molar-refractivity contribution in [2.45, 2.75) is 136 Å². The smallest absolute Gasteiger partial charge is 0.0912 e. The zero-order chi connectivity index (χ0) is 21.5. The van der Waals surface area contributed by atoms with Crippen LogP contribution in [0.15, 0.2) is 0 Å². The van der Waals surface area contributed by atoms with Gasteiger partial charge < -0.3 is 0 Å². The van der Waals surface area contributed by atoms with Gasteiger partial charge in [0.05, 0.1) is 0 Å². The zero-order valence-corrected chi connectivity index (χ0v) is 22.7. The highest BCUT2D eigenvalue weighted by molar-refractivity contribution is 6.59. The van der Waals surface area contributed by atoms with Crippen LogP contribution in [0.2, 0.25) is 15.8 Å². The predicted molar refractivity (Wildman–Crippen MR) is 134 cm³/mol. The van der Waals surface area contributed by atoms with Crippen molar-refractivity contribution in [1.82, 2.24) is 0 Å². The standard InChI is InChI=1S/3C9H19.Al/c3*1-5-6-9(4)7-8(2)3;/h3*8-9H,2,5-7H2,1,3-4H3;. The van der Waals surface area contributed by atoms with E-state index in [1.165, 1.54) is 57.8 Å². The molecule has 0 heterocycles. The fraction of sp³-hybridized carbons (Fsp3) is 1.00. The van der Waals surface area contributed by atoms with Crippen molar-refractivity contribution < 1.29 is 0 Å². The van der Waals surface area contributed by atoms with Crippen molar-refractivity contribution in [3.63, 3.8) is 0 Å². The Bertz CT molecular complexity index is 287. The van der Waals surface area contributed by atoms with Gasteiger partial charge in [-0.2, -0.15) is 0 Å². The van der Waals surface area contributed by atoms with Crippen molar-refractivity contribution in [3.8, 4) is 0 Å². The molecular weight excluding hydrogens is 351 g/mol. The molecule has 0 amide bonds. The maximum absolute atomic E-state index is 2.57. The molecule has 6 atom stereocenters. The summed E-state index contributed by atoms with van der Waals surface area (Å²) in [6.07, 6.45) is 12.7. The molecule has 0 rings (SSSR count). The summed E-state index contributed by atoms with van der Waals surface area (Å²) < 4.78 is 0. The van der Waals surface area contributed by atoms with Gasteiger partial charge in [-0.15, -0.1) is 0 Å². The topological polar surface area (TPSA) is 0 Å². The lowest BCUT2D eigenvalue weighted by Crippen LogP contribution is -2.24. The van der Waals surface area contributed by atoms with Crippen LogP contribution in [-0.2, 0) is 0 Å². The van der Waals surface area contributed by atoms with Crippen LogP contribution in [0.3, 0.4) is 0 Å². The van der Waals surface area contributed by atoms with E-state index in [0.29, 0.717) is 0 Å². The van der Waals surface area contributed by atoms with Crippen molar-refractivity contribution in [3.05, 3.63) is 0 Å². The van der Waals surface area contributed by atoms with Gasteiger partial charge in [0.15, 0.2) is 0 Å². The minimum atomic E-state index is -0.644. The van der Waals surface area contributed by atoms with Crippen LogP contribution in [0.25, 0.3) is 0 Å². The third-order valence-electron chi connectivity index (χ3n) is 6.97. The third kappa shape index (κ3) is 15.4. The second-order valence-electron chi connectivity index (χ2n) is 11.3. The Balaban J connectivity index is 4.75. The molecule has 1 heteroatoms. The Hall–Kier alpha value is 0.532. The maximum Gasteiger partial charge on any atom is 0.262 e. The van der Waals surface area contributed by atoms with Gasteiger partial charge in [0.2, 0.25) is 0 Å². The number of hydrogen-bond donors (Lipinski definition) is 0. The summed E-state index contributed by atoms with van der Waals surface area (Å²) in [5.41, 5.74) is 0. The summed E-state index contributed by atoms with van der Waals surface area (Å²) in [5, 5.41) is 4.81. The average molecular weight is 409 g/mol. The van der Waals surface area contributed by atoms with Crippen LogP contribution in [-0.4, -0.2) is 14.1 Å². The SMILES string of the molecule is CCCC(C)CC(C)[CH2][Al]([CH2]C(C)CC(C)CCC)[CH2]C(C)CC(C)CCC. The molecule has 0 aromatic heterocycles. The molecule has 0 aromatic carbocycles. The predicted octanol–water partition coefficient (Wildman–Crippen LogP) is 9.87. The quantitative estimate of drug-likeness (QED) is 0.198. The average Bonchev–Trinajstić information content (AvgIpc) is 2.54. The normalized spacial score (nSPS) is 18.3. The summed E-state index contributed by atoms with van der Waals surface area (Å²) in [4.78, 5) is 0. The number of rotatable bonds is 18. The summed E-state index contributed by atoms with van der Waals surface area (Å²) in [5.74, 6) is 5.66. The van der Waals surface area contributed by atoms with Gasteiger partial charge >= 0.3 is 0 Å². The van der Waals surface area contributed by atoms with Gasteiger partial charge in [0.25, 0.3) is 14.1 Å². The fourth-order valence-corrected chi connectivity index (χ4v) is 10.7. The molecule has 28 heavy (non-hydrogen) atoms. The molecule has 0 bridgehead atoms. The Kier molecular flexibility index (Phi) is 17.6. The largest absolute Gasteiger partial charge is 0.262 e. The molecule has 168 valence electrons. The highest BCUT2D eigenvalue weighted by Crippen LogP contribution is 2.31. The molecule has 0 aliphatic heterocycles. The van der Waals surface area contributed by atoms with Crippen LogP contribution >= 0.6 is 0 Å². The fourth-order valence-electron chi connectivity index (χ4n) is 6.18. The summed E-state index contributed by atoms with van der Waals surface area (Å²) in [7, 11) is 0. The van der Waals surface area contributed by atoms with E-state index in [1.807, 2.05) is 0 Å². The van der Waals surface area contributed by atoms with E-state index < -0.39 is 14.1 Å². The van der Waals surface area contributed by atoms with Gasteiger partial charge in [-0.3, -0.25) is 0 Å². The van der Waals surface area contributed by atoms with E-state index in [0.717, 1.165) is 35.5 Å². The lowest BCUT2D eigenvalue weighted by atomic mass is 9.94. The Morgan fingerprint density at radius 2 is 0.679 bits per heavy atom. The lowest BCUT2D eigenvalue weighted by molar-refractivity contribution is 0.392. The highest BCUT2D eigenvalue weighted by atomic mass is 27.2. The third-order valence-corrected chi connectivity index (χ3v) is 11.4. The van der Waals surface area contributed by atoms with Gasteiger partial charge in [0, 0.05) is 0 Å². The van der Waals surface area contributed by atoms with Crippen molar-refractivity contribution >= 4 is 14.1 Å². The molecule has 0 nitrogen and oxygen atoms in total. The van der Waals surface area contributed by atoms with Crippen LogP contribution in [0.4, 0.5) is 0 Å². The van der Waals surface area contributed by atoms with E-state index in [-0.39, 0.29) is 0 Å². The zero-order valence-electron chi connectivity index (χ0n) is 21.5. The minimum Gasteiger partial charge on any atom is -0.0912 e. The summed E-state index contributed by atoms with van der Waals surface area (Å²) in [6, 6.07) is 0. The van der Waals surface area contributed by atoms with Crippen LogP contribution < -0.4 is 0 Å². The molecule has 0 saturated carbocycles. The first kappa shape index (κ1) is 28.5. The highest BCUT2D eigenvalue weighted by Gasteiger charge is 2.26. The van der Waals surface area contributed by atoms with E-state index in [2.05, 4.69) is 62.3 Å². The number of hydrogen-bond acceptors (Lipinski definition) is 0. The lowest BCUT2D eigenvalue weighted by Gasteiger charge is -2.26. The van der Waals surface area contributed by atoms with E-state index in [1.54, 1.807) is 15.8 Å². The van der Waals surface area contributed by atoms with E-state index >= 15 is 0 Å². The molecule has 0 aliphatic carbocycles. The van der Waals surface area contributed by atoms with Crippen LogP contribution in [0, 0.1) is 35.5 Å². The van der Waals surface area contributed by atoms with Crippen LogP contribution in [0.1, 0.15) is 120 Å². The molecule has 0 spiro atoms. The van der Waals surface area contributed by atoms with E-state index in [4.69, 9.17) is 0 Å². The molecule has 6 unspecified atom stereocenters. The molecule has 0 N–H and O–H groups in total. The van der Waals surface area contributed by atoms with Crippen molar-refractivity contribution in [1.29, 1.82) is 0 Å². The molecule has 0 aromatic rings. The molecule has 0 fully saturated rings. The summed E-state index contributed by atoms with van der Waals surface area (Å²) in [6.45, 7) is 22.2. The Morgan fingerprint density at radius 3 is 0.893 bits per heavy atom. The minimum absolute atomic E-state index is 0.644.